The second kappa shape index (κ2) is 6.44. The molecule has 18 heavy (non-hydrogen) atoms. The van der Waals surface area contributed by atoms with Crippen LogP contribution in [0.3, 0.4) is 0 Å². The average molecular weight is 257 g/mol. The van der Waals surface area contributed by atoms with E-state index in [0.717, 1.165) is 12.1 Å². The molecule has 0 aliphatic carbocycles. The number of rotatable bonds is 5. The minimum atomic E-state index is -1.13. The van der Waals surface area contributed by atoms with E-state index in [1.807, 2.05) is 0 Å². The Morgan fingerprint density at radius 1 is 1.33 bits per heavy atom. The molecule has 0 fully saturated rings. The SMILES string of the molecule is CCOC(=O)C(NC(C)C)c1c(F)cccc1F. The molecule has 0 bridgehead atoms. The zero-order valence-corrected chi connectivity index (χ0v) is 10.7. The molecule has 3 nitrogen and oxygen atoms in total. The molecular formula is C13H17F2NO2. The number of nitrogens with one attached hydrogen (secondary N) is 1. The monoisotopic (exact) mass is 257 g/mol. The lowest BCUT2D eigenvalue weighted by Crippen LogP contribution is -2.36. The van der Waals surface area contributed by atoms with Crippen molar-refractivity contribution in [3.63, 3.8) is 0 Å². The van der Waals surface area contributed by atoms with Crippen LogP contribution in [0.2, 0.25) is 0 Å². The maximum atomic E-state index is 13.7. The molecule has 1 aromatic rings. The Balaban J connectivity index is 3.13. The molecule has 0 spiro atoms. The van der Waals surface area contributed by atoms with Crippen LogP contribution in [-0.4, -0.2) is 18.6 Å². The van der Waals surface area contributed by atoms with Crippen molar-refractivity contribution in [2.75, 3.05) is 6.61 Å². The van der Waals surface area contributed by atoms with E-state index < -0.39 is 23.6 Å². The Morgan fingerprint density at radius 3 is 2.33 bits per heavy atom. The molecule has 100 valence electrons. The molecule has 0 radical (unpaired) electrons. The number of benzene rings is 1. The van der Waals surface area contributed by atoms with Crippen LogP contribution in [0.25, 0.3) is 0 Å². The molecule has 5 heteroatoms. The van der Waals surface area contributed by atoms with E-state index in [0.29, 0.717) is 0 Å². The van der Waals surface area contributed by atoms with Crippen molar-refractivity contribution in [1.29, 1.82) is 0 Å². The minimum absolute atomic E-state index is 0.113. The van der Waals surface area contributed by atoms with E-state index in [-0.39, 0.29) is 18.2 Å². The first-order valence-electron chi connectivity index (χ1n) is 5.84. The van der Waals surface area contributed by atoms with Crippen molar-refractivity contribution in [1.82, 2.24) is 5.32 Å². The molecule has 0 heterocycles. The van der Waals surface area contributed by atoms with E-state index in [1.165, 1.54) is 6.07 Å². The quantitative estimate of drug-likeness (QED) is 0.824. The molecule has 1 aromatic carbocycles. The summed E-state index contributed by atoms with van der Waals surface area (Å²) in [6.07, 6.45) is 0. The summed E-state index contributed by atoms with van der Waals surface area (Å²) >= 11 is 0. The van der Waals surface area contributed by atoms with Gasteiger partial charge < -0.3 is 4.74 Å². The zero-order valence-electron chi connectivity index (χ0n) is 10.7. The number of ether oxygens (including phenoxy) is 1. The summed E-state index contributed by atoms with van der Waals surface area (Å²) in [4.78, 5) is 11.8. The van der Waals surface area contributed by atoms with Gasteiger partial charge in [-0.15, -0.1) is 0 Å². The number of halogens is 2. The first kappa shape index (κ1) is 14.6. The number of hydrogen-bond donors (Lipinski definition) is 1. The van der Waals surface area contributed by atoms with Crippen molar-refractivity contribution in [2.24, 2.45) is 0 Å². The summed E-state index contributed by atoms with van der Waals surface area (Å²) in [6.45, 7) is 5.36. The van der Waals surface area contributed by atoms with Gasteiger partial charge in [-0.05, 0) is 32.9 Å². The standard InChI is InChI=1S/C13H17F2NO2/c1-4-18-13(17)12(16-8(2)3)11-9(14)6-5-7-10(11)15/h5-8,12,16H,4H2,1-3H3. The predicted octanol–water partition coefficient (Wildman–Crippen LogP) is 2.57. The Kier molecular flexibility index (Phi) is 5.22. The highest BCUT2D eigenvalue weighted by atomic mass is 19.1. The van der Waals surface area contributed by atoms with Gasteiger partial charge in [0.05, 0.1) is 12.2 Å². The van der Waals surface area contributed by atoms with Gasteiger partial charge in [0, 0.05) is 6.04 Å². The summed E-state index contributed by atoms with van der Waals surface area (Å²) < 4.78 is 32.2. The summed E-state index contributed by atoms with van der Waals surface area (Å²) in [6, 6.07) is 2.25. The van der Waals surface area contributed by atoms with Crippen molar-refractivity contribution in [3.05, 3.63) is 35.4 Å². The smallest absolute Gasteiger partial charge is 0.328 e. The van der Waals surface area contributed by atoms with Gasteiger partial charge in [0.25, 0.3) is 0 Å². The van der Waals surface area contributed by atoms with Crippen molar-refractivity contribution in [2.45, 2.75) is 32.9 Å². The fourth-order valence-corrected chi connectivity index (χ4v) is 1.61. The van der Waals surface area contributed by atoms with Crippen molar-refractivity contribution < 1.29 is 18.3 Å². The van der Waals surface area contributed by atoms with E-state index in [4.69, 9.17) is 4.74 Å². The highest BCUT2D eigenvalue weighted by Crippen LogP contribution is 2.22. The summed E-state index contributed by atoms with van der Waals surface area (Å²) in [5.41, 5.74) is -0.301. The second-order valence-corrected chi connectivity index (χ2v) is 4.14. The van der Waals surface area contributed by atoms with Crippen molar-refractivity contribution >= 4 is 5.97 Å². The topological polar surface area (TPSA) is 38.3 Å². The third-order valence-electron chi connectivity index (χ3n) is 2.31. The molecule has 0 saturated carbocycles. The van der Waals surface area contributed by atoms with Gasteiger partial charge in [-0.2, -0.15) is 0 Å². The Hall–Kier alpha value is -1.49. The third kappa shape index (κ3) is 3.50. The van der Waals surface area contributed by atoms with Crippen LogP contribution in [0.1, 0.15) is 32.4 Å². The minimum Gasteiger partial charge on any atom is -0.465 e. The molecule has 1 atom stereocenters. The van der Waals surface area contributed by atoms with Crippen molar-refractivity contribution in [3.8, 4) is 0 Å². The van der Waals surface area contributed by atoms with Gasteiger partial charge in [-0.25, -0.2) is 13.6 Å². The van der Waals surface area contributed by atoms with Crippen LogP contribution < -0.4 is 5.32 Å². The van der Waals surface area contributed by atoms with Crippen LogP contribution in [0.4, 0.5) is 8.78 Å². The maximum absolute atomic E-state index is 13.7. The lowest BCUT2D eigenvalue weighted by atomic mass is 10.0. The fraction of sp³-hybridized carbons (Fsp3) is 0.462. The van der Waals surface area contributed by atoms with Crippen LogP contribution in [0, 0.1) is 11.6 Å². The number of hydrogen-bond acceptors (Lipinski definition) is 3. The molecule has 0 aliphatic rings. The van der Waals surface area contributed by atoms with Gasteiger partial charge in [0.2, 0.25) is 0 Å². The molecule has 1 N–H and O–H groups in total. The lowest BCUT2D eigenvalue weighted by Gasteiger charge is -2.20. The second-order valence-electron chi connectivity index (χ2n) is 4.14. The number of carbonyl (C=O) groups is 1. The van der Waals surface area contributed by atoms with Gasteiger partial charge in [-0.1, -0.05) is 6.07 Å². The van der Waals surface area contributed by atoms with Crippen LogP contribution in [0.15, 0.2) is 18.2 Å². The highest BCUT2D eigenvalue weighted by Gasteiger charge is 2.28. The molecular weight excluding hydrogens is 240 g/mol. The fourth-order valence-electron chi connectivity index (χ4n) is 1.61. The van der Waals surface area contributed by atoms with Gasteiger partial charge in [-0.3, -0.25) is 5.32 Å². The number of esters is 1. The predicted molar refractivity (Wildman–Crippen MR) is 64.0 cm³/mol. The first-order valence-corrected chi connectivity index (χ1v) is 5.84. The Bertz CT molecular complexity index is 401. The normalized spacial score (nSPS) is 12.6. The maximum Gasteiger partial charge on any atom is 0.328 e. The molecule has 0 aromatic heterocycles. The van der Waals surface area contributed by atoms with Crippen LogP contribution in [0.5, 0.6) is 0 Å². The van der Waals surface area contributed by atoms with Gasteiger partial charge in [0.1, 0.15) is 17.7 Å². The largest absolute Gasteiger partial charge is 0.465 e. The molecule has 0 saturated heterocycles. The Morgan fingerprint density at radius 2 is 1.89 bits per heavy atom. The Labute approximate surface area is 105 Å². The summed E-state index contributed by atoms with van der Waals surface area (Å²) in [5, 5.41) is 2.81. The summed E-state index contributed by atoms with van der Waals surface area (Å²) in [7, 11) is 0. The molecule has 0 aliphatic heterocycles. The van der Waals surface area contributed by atoms with Gasteiger partial charge >= 0.3 is 5.97 Å². The zero-order chi connectivity index (χ0) is 13.7. The highest BCUT2D eigenvalue weighted by molar-refractivity contribution is 5.77. The first-order chi connectivity index (χ1) is 8.47. The van der Waals surface area contributed by atoms with Crippen LogP contribution in [-0.2, 0) is 9.53 Å². The number of carbonyl (C=O) groups excluding carboxylic acids is 1. The van der Waals surface area contributed by atoms with Gasteiger partial charge in [0.15, 0.2) is 0 Å². The average Bonchev–Trinajstić information content (AvgIpc) is 2.27. The molecule has 1 unspecified atom stereocenters. The van der Waals surface area contributed by atoms with E-state index in [1.54, 1.807) is 20.8 Å². The lowest BCUT2D eigenvalue weighted by molar-refractivity contribution is -0.146. The van der Waals surface area contributed by atoms with E-state index in [9.17, 15) is 13.6 Å². The third-order valence-corrected chi connectivity index (χ3v) is 2.31. The van der Waals surface area contributed by atoms with E-state index in [2.05, 4.69) is 5.32 Å². The molecule has 0 amide bonds. The summed E-state index contributed by atoms with van der Waals surface area (Å²) in [5.74, 6) is -2.21. The van der Waals surface area contributed by atoms with Crippen LogP contribution >= 0.6 is 0 Å². The molecule has 1 rings (SSSR count). The van der Waals surface area contributed by atoms with E-state index >= 15 is 0 Å².